The standard InChI is InChI=1S/C19H23N3O8/c1-18(2)27-12-13(28-18)15-17(30-19(3,4)29-15)26-14(12)16(23)21-20-9-10-5-7-11(8-6-10)22(24)25/h5-9,12-15,17H,1-4H3,(H,21,23)/b20-9-/t12-,13+,14+,15-,17+/m1/s1. The first-order chi connectivity index (χ1) is 14.0. The number of rotatable bonds is 4. The Morgan fingerprint density at radius 1 is 1.03 bits per heavy atom. The molecular formula is C19H23N3O8. The molecular weight excluding hydrogens is 398 g/mol. The van der Waals surface area contributed by atoms with Crippen LogP contribution in [0.1, 0.15) is 33.3 Å². The Labute approximate surface area is 172 Å². The lowest BCUT2D eigenvalue weighted by Crippen LogP contribution is -2.59. The summed E-state index contributed by atoms with van der Waals surface area (Å²) in [6.07, 6.45) is -2.21. The molecule has 4 rings (SSSR count). The summed E-state index contributed by atoms with van der Waals surface area (Å²) in [6, 6.07) is 5.74. The highest BCUT2D eigenvalue weighted by Crippen LogP contribution is 2.44. The smallest absolute Gasteiger partial charge is 0.272 e. The van der Waals surface area contributed by atoms with Crippen molar-refractivity contribution >= 4 is 17.8 Å². The maximum atomic E-state index is 12.8. The summed E-state index contributed by atoms with van der Waals surface area (Å²) in [5.74, 6) is -2.32. The Hall–Kier alpha value is -2.44. The van der Waals surface area contributed by atoms with Crippen molar-refractivity contribution in [2.24, 2.45) is 5.10 Å². The summed E-state index contributed by atoms with van der Waals surface area (Å²) in [5.41, 5.74) is 2.97. The second kappa shape index (κ2) is 7.36. The Morgan fingerprint density at radius 2 is 1.63 bits per heavy atom. The molecule has 1 N–H and O–H groups in total. The zero-order valence-electron chi connectivity index (χ0n) is 16.9. The van der Waals surface area contributed by atoms with Crippen molar-refractivity contribution in [2.75, 3.05) is 0 Å². The molecule has 0 radical (unpaired) electrons. The third-order valence-electron chi connectivity index (χ3n) is 4.91. The third kappa shape index (κ3) is 4.07. The predicted octanol–water partition coefficient (Wildman–Crippen LogP) is 1.44. The summed E-state index contributed by atoms with van der Waals surface area (Å²) < 4.78 is 29.4. The molecule has 3 heterocycles. The van der Waals surface area contributed by atoms with Gasteiger partial charge in [0.15, 0.2) is 24.0 Å². The minimum atomic E-state index is -1.02. The van der Waals surface area contributed by atoms with Crippen LogP contribution in [0.15, 0.2) is 29.4 Å². The molecule has 0 aliphatic carbocycles. The average molecular weight is 421 g/mol. The second-order valence-electron chi connectivity index (χ2n) is 8.17. The van der Waals surface area contributed by atoms with E-state index in [-0.39, 0.29) is 5.69 Å². The number of non-ortho nitro benzene ring substituents is 1. The van der Waals surface area contributed by atoms with Crippen LogP contribution in [0.4, 0.5) is 5.69 Å². The lowest BCUT2D eigenvalue weighted by atomic mass is 9.98. The number of nitrogens with zero attached hydrogens (tertiary/aromatic N) is 2. The molecule has 3 aliphatic heterocycles. The number of benzene rings is 1. The zero-order valence-corrected chi connectivity index (χ0v) is 16.9. The molecule has 11 heteroatoms. The molecule has 0 bridgehead atoms. The lowest BCUT2D eigenvalue weighted by molar-refractivity contribution is -0.384. The van der Waals surface area contributed by atoms with Gasteiger partial charge in [0, 0.05) is 12.1 Å². The number of ether oxygens (including phenoxy) is 5. The van der Waals surface area contributed by atoms with Crippen molar-refractivity contribution in [3.8, 4) is 0 Å². The molecule has 3 fully saturated rings. The molecule has 30 heavy (non-hydrogen) atoms. The van der Waals surface area contributed by atoms with Gasteiger partial charge >= 0.3 is 0 Å². The maximum Gasteiger partial charge on any atom is 0.272 e. The van der Waals surface area contributed by atoms with E-state index in [1.807, 2.05) is 0 Å². The van der Waals surface area contributed by atoms with Crippen molar-refractivity contribution in [3.63, 3.8) is 0 Å². The highest BCUT2D eigenvalue weighted by Gasteiger charge is 2.62. The number of amides is 1. The first-order valence-electron chi connectivity index (χ1n) is 9.49. The summed E-state index contributed by atoms with van der Waals surface area (Å²) in [4.78, 5) is 23.0. The molecule has 1 aromatic carbocycles. The number of carbonyl (C=O) groups is 1. The number of hydrazone groups is 1. The van der Waals surface area contributed by atoms with E-state index in [4.69, 9.17) is 23.7 Å². The summed E-state index contributed by atoms with van der Waals surface area (Å²) >= 11 is 0. The fourth-order valence-electron chi connectivity index (χ4n) is 3.74. The van der Waals surface area contributed by atoms with Gasteiger partial charge in [-0.3, -0.25) is 14.9 Å². The minimum absolute atomic E-state index is 0.0323. The Morgan fingerprint density at radius 3 is 2.30 bits per heavy atom. The molecule has 0 spiro atoms. The van der Waals surface area contributed by atoms with E-state index in [0.29, 0.717) is 5.56 Å². The van der Waals surface area contributed by atoms with Crippen LogP contribution in [0.25, 0.3) is 0 Å². The van der Waals surface area contributed by atoms with Crippen molar-refractivity contribution in [1.82, 2.24) is 5.43 Å². The SMILES string of the molecule is CC1(C)O[C@H]2[C@@H](O1)[C@@H](C(=O)N/N=C\c1ccc([N+](=O)[O-])cc1)O[C@H]1OC(C)(C)O[C@@H]12. The van der Waals surface area contributed by atoms with Gasteiger partial charge in [0.25, 0.3) is 11.6 Å². The van der Waals surface area contributed by atoms with E-state index >= 15 is 0 Å². The van der Waals surface area contributed by atoms with Crippen LogP contribution in [-0.4, -0.2) is 59.3 Å². The Bertz CT molecular complexity index is 869. The molecule has 1 aromatic rings. The van der Waals surface area contributed by atoms with Crippen LogP contribution in [-0.2, 0) is 28.5 Å². The van der Waals surface area contributed by atoms with Gasteiger partial charge in [0.1, 0.15) is 18.3 Å². The maximum absolute atomic E-state index is 12.8. The topological polar surface area (TPSA) is 131 Å². The van der Waals surface area contributed by atoms with Crippen LogP contribution in [0.5, 0.6) is 0 Å². The van der Waals surface area contributed by atoms with Crippen LogP contribution in [0, 0.1) is 10.1 Å². The van der Waals surface area contributed by atoms with E-state index in [0.717, 1.165) is 0 Å². The number of fused-ring (bicyclic) bond motifs is 3. The van der Waals surface area contributed by atoms with E-state index in [9.17, 15) is 14.9 Å². The first kappa shape index (κ1) is 20.8. The Kier molecular flexibility index (Phi) is 5.11. The van der Waals surface area contributed by atoms with Crippen LogP contribution < -0.4 is 5.43 Å². The van der Waals surface area contributed by atoms with Crippen molar-refractivity contribution in [2.45, 2.75) is 70.0 Å². The molecule has 5 atom stereocenters. The van der Waals surface area contributed by atoms with Gasteiger partial charge in [-0.25, -0.2) is 5.43 Å². The van der Waals surface area contributed by atoms with Crippen LogP contribution in [0.3, 0.4) is 0 Å². The third-order valence-corrected chi connectivity index (χ3v) is 4.91. The number of nitrogens with one attached hydrogen (secondary N) is 1. The molecule has 162 valence electrons. The Balaban J connectivity index is 1.45. The first-order valence-corrected chi connectivity index (χ1v) is 9.49. The van der Waals surface area contributed by atoms with E-state index in [2.05, 4.69) is 10.5 Å². The number of hydrogen-bond acceptors (Lipinski definition) is 9. The molecule has 3 aliphatic rings. The van der Waals surface area contributed by atoms with Gasteiger partial charge in [-0.2, -0.15) is 5.10 Å². The quantitative estimate of drug-likeness (QED) is 0.439. The molecule has 0 unspecified atom stereocenters. The number of hydrogen-bond donors (Lipinski definition) is 1. The molecule has 3 saturated heterocycles. The molecule has 1 amide bonds. The number of carbonyl (C=O) groups excluding carboxylic acids is 1. The zero-order chi connectivity index (χ0) is 21.7. The van der Waals surface area contributed by atoms with Gasteiger partial charge in [-0.05, 0) is 45.4 Å². The normalized spacial score (nSPS) is 33.8. The van der Waals surface area contributed by atoms with Gasteiger partial charge in [0.2, 0.25) is 0 Å². The van der Waals surface area contributed by atoms with Crippen molar-refractivity contribution in [3.05, 3.63) is 39.9 Å². The molecule has 11 nitrogen and oxygen atoms in total. The largest absolute Gasteiger partial charge is 0.342 e. The fourth-order valence-corrected chi connectivity index (χ4v) is 3.74. The van der Waals surface area contributed by atoms with Crippen molar-refractivity contribution < 1.29 is 33.4 Å². The van der Waals surface area contributed by atoms with Crippen molar-refractivity contribution in [1.29, 1.82) is 0 Å². The molecule has 0 aromatic heterocycles. The van der Waals surface area contributed by atoms with Gasteiger partial charge in [-0.1, -0.05) is 0 Å². The summed E-state index contributed by atoms with van der Waals surface area (Å²) in [6.45, 7) is 7.02. The average Bonchev–Trinajstić information content (AvgIpc) is 3.15. The highest BCUT2D eigenvalue weighted by atomic mass is 16.9. The number of nitro groups is 1. The lowest BCUT2D eigenvalue weighted by Gasteiger charge is -2.36. The van der Waals surface area contributed by atoms with Gasteiger partial charge < -0.3 is 23.7 Å². The highest BCUT2D eigenvalue weighted by molar-refractivity contribution is 5.85. The van der Waals surface area contributed by atoms with E-state index in [1.165, 1.54) is 30.5 Å². The predicted molar refractivity (Wildman–Crippen MR) is 101 cm³/mol. The minimum Gasteiger partial charge on any atom is -0.342 e. The summed E-state index contributed by atoms with van der Waals surface area (Å²) in [7, 11) is 0. The fraction of sp³-hybridized carbons (Fsp3) is 0.579. The monoisotopic (exact) mass is 421 g/mol. The van der Waals surface area contributed by atoms with E-state index < -0.39 is 53.1 Å². The second-order valence-corrected chi connectivity index (χ2v) is 8.17. The van der Waals surface area contributed by atoms with E-state index in [1.54, 1.807) is 27.7 Å². The number of nitro benzene ring substituents is 1. The molecule has 0 saturated carbocycles. The summed E-state index contributed by atoms with van der Waals surface area (Å²) in [5, 5.41) is 14.6. The van der Waals surface area contributed by atoms with Gasteiger partial charge in [-0.15, -0.1) is 0 Å². The van der Waals surface area contributed by atoms with Gasteiger partial charge in [0.05, 0.1) is 11.1 Å². The van der Waals surface area contributed by atoms with Crippen LogP contribution in [0.2, 0.25) is 0 Å². The van der Waals surface area contributed by atoms with Crippen LogP contribution >= 0.6 is 0 Å².